The number of methoxy groups -OCH3 is 2. The zero-order valence-corrected chi connectivity index (χ0v) is 13.8. The summed E-state index contributed by atoms with van der Waals surface area (Å²) in [7, 11) is -0.182. The van der Waals surface area contributed by atoms with Gasteiger partial charge in [-0.1, -0.05) is 0 Å². The number of hydrogen-bond donors (Lipinski definition) is 0. The van der Waals surface area contributed by atoms with Crippen LogP contribution in [0.1, 0.15) is 19.8 Å². The molecule has 0 aromatic rings. The van der Waals surface area contributed by atoms with Crippen molar-refractivity contribution in [3.8, 4) is 0 Å². The lowest BCUT2D eigenvalue weighted by atomic mass is 9.93. The molecule has 0 aliphatic carbocycles. The van der Waals surface area contributed by atoms with Gasteiger partial charge in [0.2, 0.25) is 10.0 Å². The lowest BCUT2D eigenvalue weighted by Gasteiger charge is -2.28. The molecule has 0 N–H and O–H groups in total. The minimum Gasteiger partial charge on any atom is -0.464 e. The minimum atomic E-state index is -3.18. The van der Waals surface area contributed by atoms with E-state index >= 15 is 0 Å². The largest absolute Gasteiger partial charge is 0.464 e. The Hall–Kier alpha value is -0.700. The van der Waals surface area contributed by atoms with E-state index in [1.807, 2.05) is 0 Å². The summed E-state index contributed by atoms with van der Waals surface area (Å²) >= 11 is 0. The maximum absolute atomic E-state index is 12.1. The van der Waals surface area contributed by atoms with Crippen molar-refractivity contribution < 1.29 is 27.4 Å². The molecule has 0 spiro atoms. The van der Waals surface area contributed by atoms with Crippen LogP contribution in [-0.4, -0.2) is 71.6 Å². The Balaban J connectivity index is 2.48. The highest BCUT2D eigenvalue weighted by atomic mass is 32.2. The van der Waals surface area contributed by atoms with Crippen LogP contribution in [0.2, 0.25) is 0 Å². The smallest absolute Gasteiger partial charge is 0.316 e. The third-order valence-corrected chi connectivity index (χ3v) is 5.40. The summed E-state index contributed by atoms with van der Waals surface area (Å²) in [5.74, 6) is -0.271. The van der Waals surface area contributed by atoms with Crippen LogP contribution in [-0.2, 0) is 29.0 Å². The van der Waals surface area contributed by atoms with Crippen LogP contribution in [0.4, 0.5) is 0 Å². The predicted octanol–water partition coefficient (Wildman–Crippen LogP) is 0.254. The van der Waals surface area contributed by atoms with E-state index in [0.29, 0.717) is 13.0 Å². The molecule has 124 valence electrons. The first-order chi connectivity index (χ1) is 9.85. The number of ether oxygens (including phenoxy) is 3. The maximum Gasteiger partial charge on any atom is 0.316 e. The second kappa shape index (κ2) is 8.07. The van der Waals surface area contributed by atoms with E-state index in [1.165, 1.54) is 18.5 Å². The normalized spacial score (nSPS) is 19.4. The quantitative estimate of drug-likeness (QED) is 0.596. The Labute approximate surface area is 126 Å². The zero-order valence-electron chi connectivity index (χ0n) is 13.0. The molecular formula is C13H25NO6S. The number of carbonyl (C=O) groups excluding carboxylic acids is 1. The molecule has 1 heterocycles. The van der Waals surface area contributed by atoms with E-state index < -0.39 is 21.4 Å². The molecule has 7 nitrogen and oxygen atoms in total. The van der Waals surface area contributed by atoms with Crippen molar-refractivity contribution in [1.82, 2.24) is 4.31 Å². The highest BCUT2D eigenvalue weighted by Crippen LogP contribution is 2.20. The van der Waals surface area contributed by atoms with E-state index in [2.05, 4.69) is 0 Å². The van der Waals surface area contributed by atoms with Crippen molar-refractivity contribution in [3.05, 3.63) is 0 Å². The molecule has 0 saturated carbocycles. The Morgan fingerprint density at radius 2 is 1.81 bits per heavy atom. The Morgan fingerprint density at radius 3 is 2.33 bits per heavy atom. The van der Waals surface area contributed by atoms with E-state index in [4.69, 9.17) is 14.2 Å². The number of rotatable bonds is 8. The van der Waals surface area contributed by atoms with Gasteiger partial charge in [-0.2, -0.15) is 4.31 Å². The summed E-state index contributed by atoms with van der Waals surface area (Å²) in [6.07, 6.45) is 1.54. The fourth-order valence-electron chi connectivity index (χ4n) is 2.30. The SMILES string of the molecule is COCC(C)(COC)C(=O)OCCN1CCCCS1(=O)=O. The van der Waals surface area contributed by atoms with Crippen LogP contribution in [0, 0.1) is 5.41 Å². The van der Waals surface area contributed by atoms with Gasteiger partial charge in [-0.05, 0) is 19.8 Å². The predicted molar refractivity (Wildman–Crippen MR) is 77.4 cm³/mol. The molecule has 0 atom stereocenters. The second-order valence-corrected chi connectivity index (χ2v) is 7.57. The maximum atomic E-state index is 12.1. The molecule has 0 unspecified atom stereocenters. The van der Waals surface area contributed by atoms with Crippen LogP contribution < -0.4 is 0 Å². The molecule has 1 fully saturated rings. The monoisotopic (exact) mass is 323 g/mol. The summed E-state index contributed by atoms with van der Waals surface area (Å²) in [6.45, 7) is 2.79. The van der Waals surface area contributed by atoms with Crippen molar-refractivity contribution in [2.45, 2.75) is 19.8 Å². The van der Waals surface area contributed by atoms with Crippen molar-refractivity contribution in [2.75, 3.05) is 52.9 Å². The molecule has 1 aliphatic heterocycles. The summed E-state index contributed by atoms with van der Waals surface area (Å²) < 4.78 is 40.2. The van der Waals surface area contributed by atoms with Crippen molar-refractivity contribution in [1.29, 1.82) is 0 Å². The zero-order chi connectivity index (χ0) is 15.9. The van der Waals surface area contributed by atoms with Gasteiger partial charge in [-0.15, -0.1) is 0 Å². The lowest BCUT2D eigenvalue weighted by Crippen LogP contribution is -2.42. The molecule has 0 bridgehead atoms. The first-order valence-electron chi connectivity index (χ1n) is 6.98. The van der Waals surface area contributed by atoms with Crippen molar-refractivity contribution >= 4 is 16.0 Å². The molecule has 0 amide bonds. The Morgan fingerprint density at radius 1 is 1.19 bits per heavy atom. The van der Waals surface area contributed by atoms with E-state index in [1.54, 1.807) is 6.92 Å². The number of nitrogens with zero attached hydrogens (tertiary/aromatic N) is 1. The molecule has 1 rings (SSSR count). The first-order valence-corrected chi connectivity index (χ1v) is 8.59. The average Bonchev–Trinajstić information content (AvgIpc) is 2.40. The minimum absolute atomic E-state index is 0.0427. The summed E-state index contributed by atoms with van der Waals surface area (Å²) in [5, 5.41) is 0. The fourth-order valence-corrected chi connectivity index (χ4v) is 3.89. The van der Waals surface area contributed by atoms with Crippen LogP contribution in [0.25, 0.3) is 0 Å². The van der Waals surface area contributed by atoms with E-state index in [0.717, 1.165) is 6.42 Å². The molecule has 0 radical (unpaired) electrons. The van der Waals surface area contributed by atoms with E-state index in [9.17, 15) is 13.2 Å². The van der Waals surface area contributed by atoms with Crippen LogP contribution >= 0.6 is 0 Å². The molecule has 0 aromatic heterocycles. The van der Waals surface area contributed by atoms with Crippen molar-refractivity contribution in [2.24, 2.45) is 5.41 Å². The van der Waals surface area contributed by atoms with Crippen LogP contribution in [0.15, 0.2) is 0 Å². The molecular weight excluding hydrogens is 298 g/mol. The number of carbonyl (C=O) groups is 1. The van der Waals surface area contributed by atoms with Gasteiger partial charge in [-0.25, -0.2) is 8.42 Å². The van der Waals surface area contributed by atoms with Gasteiger partial charge >= 0.3 is 5.97 Å². The van der Waals surface area contributed by atoms with Crippen LogP contribution in [0.3, 0.4) is 0 Å². The summed E-state index contributed by atoms with van der Waals surface area (Å²) in [4.78, 5) is 12.1. The Bertz CT molecular complexity index is 430. The van der Waals surface area contributed by atoms with Gasteiger partial charge < -0.3 is 14.2 Å². The van der Waals surface area contributed by atoms with Gasteiger partial charge in [0.15, 0.2) is 0 Å². The first kappa shape index (κ1) is 18.3. The van der Waals surface area contributed by atoms with Gasteiger partial charge in [0.1, 0.15) is 12.0 Å². The molecule has 0 aromatic carbocycles. The number of esters is 1. The molecule has 8 heteroatoms. The lowest BCUT2D eigenvalue weighted by molar-refractivity contribution is -0.162. The standard InChI is InChI=1S/C13H25NO6S/c1-13(10-18-2,11-19-3)12(15)20-8-7-14-6-4-5-9-21(14,16)17/h4-11H2,1-3H3. The number of hydrogen-bond acceptors (Lipinski definition) is 6. The average molecular weight is 323 g/mol. The highest BCUT2D eigenvalue weighted by Gasteiger charge is 2.35. The second-order valence-electron chi connectivity index (χ2n) is 5.48. The topological polar surface area (TPSA) is 82.1 Å². The third kappa shape index (κ3) is 5.21. The molecule has 1 saturated heterocycles. The van der Waals surface area contributed by atoms with Gasteiger partial charge in [0.05, 0.1) is 19.0 Å². The fraction of sp³-hybridized carbons (Fsp3) is 0.923. The third-order valence-electron chi connectivity index (χ3n) is 3.45. The molecule has 21 heavy (non-hydrogen) atoms. The van der Waals surface area contributed by atoms with Gasteiger partial charge in [0, 0.05) is 27.3 Å². The van der Waals surface area contributed by atoms with E-state index in [-0.39, 0.29) is 32.1 Å². The van der Waals surface area contributed by atoms with Crippen LogP contribution in [0.5, 0.6) is 0 Å². The van der Waals surface area contributed by atoms with Gasteiger partial charge in [-0.3, -0.25) is 4.79 Å². The van der Waals surface area contributed by atoms with Crippen molar-refractivity contribution in [3.63, 3.8) is 0 Å². The van der Waals surface area contributed by atoms with Gasteiger partial charge in [0.25, 0.3) is 0 Å². The summed E-state index contributed by atoms with van der Waals surface area (Å²) in [5.41, 5.74) is -0.885. The number of sulfonamides is 1. The Kier molecular flexibility index (Phi) is 7.05. The molecule has 1 aliphatic rings. The highest BCUT2D eigenvalue weighted by molar-refractivity contribution is 7.89. The summed E-state index contributed by atoms with van der Waals surface area (Å²) in [6, 6.07) is 0.